The van der Waals surface area contributed by atoms with Crippen LogP contribution in [0.3, 0.4) is 0 Å². The van der Waals surface area contributed by atoms with Gasteiger partial charge in [0.05, 0.1) is 10.5 Å². The van der Waals surface area contributed by atoms with Crippen molar-refractivity contribution < 1.29 is 8.42 Å². The molecule has 0 atom stereocenters. The number of rotatable bonds is 8. The van der Waals surface area contributed by atoms with Crippen molar-refractivity contribution >= 4 is 9.84 Å². The minimum atomic E-state index is -2.97. The molecule has 0 aliphatic heterocycles. The zero-order valence-electron chi connectivity index (χ0n) is 10.0. The van der Waals surface area contributed by atoms with Crippen molar-refractivity contribution in [3.63, 3.8) is 0 Å². The first-order valence-corrected chi connectivity index (χ1v) is 7.15. The third-order valence-electron chi connectivity index (χ3n) is 2.78. The Morgan fingerprint density at radius 1 is 1.27 bits per heavy atom. The van der Waals surface area contributed by atoms with Crippen molar-refractivity contribution in [3.05, 3.63) is 0 Å². The Morgan fingerprint density at radius 3 is 2.33 bits per heavy atom. The molecule has 4 nitrogen and oxygen atoms in total. The monoisotopic (exact) mass is 236 g/mol. The lowest BCUT2D eigenvalue weighted by molar-refractivity contribution is 0.534. The quantitative estimate of drug-likeness (QED) is 0.603. The van der Waals surface area contributed by atoms with Crippen molar-refractivity contribution in [1.82, 2.24) is 5.32 Å². The summed E-state index contributed by atoms with van der Waals surface area (Å²) in [6, 6.07) is 0. The lowest BCUT2D eigenvalue weighted by Crippen LogP contribution is -2.34. The first kappa shape index (κ1) is 14.9. The van der Waals surface area contributed by atoms with Crippen LogP contribution in [0, 0.1) is 0 Å². The Morgan fingerprint density at radius 2 is 1.87 bits per heavy atom. The van der Waals surface area contributed by atoms with E-state index in [4.69, 9.17) is 5.73 Å². The summed E-state index contributed by atoms with van der Waals surface area (Å²) in [5.74, 6) is 0.255. The Bertz CT molecular complexity index is 261. The summed E-state index contributed by atoms with van der Waals surface area (Å²) in [7, 11) is -2.97. The first-order valence-electron chi connectivity index (χ1n) is 5.50. The molecule has 3 N–H and O–H groups in total. The topological polar surface area (TPSA) is 72.2 Å². The summed E-state index contributed by atoms with van der Waals surface area (Å²) >= 11 is 0. The van der Waals surface area contributed by atoms with Crippen LogP contribution in [0.15, 0.2) is 0 Å². The smallest absolute Gasteiger partial charge is 0.155 e. The molecule has 0 amide bonds. The zero-order chi connectivity index (χ0) is 11.9. The number of sulfone groups is 1. The number of hydrogen-bond acceptors (Lipinski definition) is 4. The lowest BCUT2D eigenvalue weighted by atomic mass is 10.1. The second-order valence-corrected chi connectivity index (χ2v) is 7.07. The van der Waals surface area contributed by atoms with Gasteiger partial charge in [0, 0.05) is 13.1 Å². The van der Waals surface area contributed by atoms with Gasteiger partial charge in [0.25, 0.3) is 0 Å². The van der Waals surface area contributed by atoms with Gasteiger partial charge in [-0.25, -0.2) is 8.42 Å². The average Bonchev–Trinajstić information content (AvgIpc) is 2.17. The molecule has 0 saturated heterocycles. The molecule has 0 aliphatic rings. The molecule has 92 valence electrons. The van der Waals surface area contributed by atoms with E-state index in [9.17, 15) is 8.42 Å². The minimum absolute atomic E-state index is 0.255. The maximum Gasteiger partial charge on any atom is 0.155 e. The van der Waals surface area contributed by atoms with Gasteiger partial charge in [-0.15, -0.1) is 0 Å². The van der Waals surface area contributed by atoms with E-state index >= 15 is 0 Å². The molecule has 0 heterocycles. The molecule has 0 aliphatic carbocycles. The van der Waals surface area contributed by atoms with Crippen molar-refractivity contribution in [3.8, 4) is 0 Å². The van der Waals surface area contributed by atoms with Crippen LogP contribution in [0.5, 0.6) is 0 Å². The van der Waals surface area contributed by atoms with Crippen LogP contribution >= 0.6 is 0 Å². The fraction of sp³-hybridized carbons (Fsp3) is 1.00. The summed E-state index contributed by atoms with van der Waals surface area (Å²) in [4.78, 5) is 0. The molecule has 0 fully saturated rings. The molecular weight excluding hydrogens is 212 g/mol. The van der Waals surface area contributed by atoms with Gasteiger partial charge in [-0.1, -0.05) is 6.92 Å². The van der Waals surface area contributed by atoms with Gasteiger partial charge >= 0.3 is 0 Å². The number of hydrogen-bond donors (Lipinski definition) is 2. The van der Waals surface area contributed by atoms with E-state index in [1.807, 2.05) is 6.92 Å². The molecule has 0 radical (unpaired) electrons. The van der Waals surface area contributed by atoms with Crippen LogP contribution in [0.2, 0.25) is 0 Å². The Balaban J connectivity index is 3.96. The fourth-order valence-corrected chi connectivity index (χ4v) is 2.63. The normalized spacial score (nSPS) is 13.1. The Kier molecular flexibility index (Phi) is 6.40. The van der Waals surface area contributed by atoms with E-state index in [0.717, 1.165) is 13.1 Å². The first-order chi connectivity index (χ1) is 6.87. The van der Waals surface area contributed by atoms with Gasteiger partial charge < -0.3 is 11.1 Å². The van der Waals surface area contributed by atoms with E-state index < -0.39 is 14.6 Å². The van der Waals surface area contributed by atoms with Gasteiger partial charge in [-0.05, 0) is 33.2 Å². The standard InChI is InChI=1S/C10H24N2O2S/c1-4-10(2,3)15(13,14)9-5-7-12-8-6-11/h12H,4-9,11H2,1-3H3. The van der Waals surface area contributed by atoms with E-state index in [1.165, 1.54) is 0 Å². The highest BCUT2D eigenvalue weighted by molar-refractivity contribution is 7.92. The molecule has 0 unspecified atom stereocenters. The summed E-state index contributed by atoms with van der Waals surface area (Å²) in [6.45, 7) is 7.54. The van der Waals surface area contributed by atoms with Crippen molar-refractivity contribution in [2.75, 3.05) is 25.4 Å². The largest absolute Gasteiger partial charge is 0.329 e. The minimum Gasteiger partial charge on any atom is -0.329 e. The highest BCUT2D eigenvalue weighted by Crippen LogP contribution is 2.21. The highest BCUT2D eigenvalue weighted by atomic mass is 32.2. The van der Waals surface area contributed by atoms with Gasteiger partial charge in [0.2, 0.25) is 0 Å². The molecule has 0 aromatic rings. The molecule has 0 rings (SSSR count). The van der Waals surface area contributed by atoms with E-state index in [0.29, 0.717) is 19.4 Å². The Labute approximate surface area is 93.5 Å². The third kappa shape index (κ3) is 4.95. The molecule has 0 spiro atoms. The van der Waals surface area contributed by atoms with Gasteiger partial charge in [-0.3, -0.25) is 0 Å². The van der Waals surface area contributed by atoms with Crippen molar-refractivity contribution in [1.29, 1.82) is 0 Å². The SMILES string of the molecule is CCC(C)(C)S(=O)(=O)CCCNCCN. The summed E-state index contributed by atoms with van der Waals surface area (Å²) in [5, 5.41) is 3.09. The predicted octanol–water partition coefficient (Wildman–Crippen LogP) is 0.528. The van der Waals surface area contributed by atoms with Crippen molar-refractivity contribution in [2.45, 2.75) is 38.4 Å². The lowest BCUT2D eigenvalue weighted by Gasteiger charge is -2.22. The van der Waals surface area contributed by atoms with Crippen molar-refractivity contribution in [2.24, 2.45) is 5.73 Å². The molecule has 0 bridgehead atoms. The number of nitrogens with one attached hydrogen (secondary N) is 1. The maximum atomic E-state index is 11.9. The Hall–Kier alpha value is -0.130. The van der Waals surface area contributed by atoms with E-state index in [-0.39, 0.29) is 5.75 Å². The van der Waals surface area contributed by atoms with E-state index in [1.54, 1.807) is 13.8 Å². The molecule has 15 heavy (non-hydrogen) atoms. The molecule has 0 aromatic carbocycles. The average molecular weight is 236 g/mol. The molecular formula is C10H24N2O2S. The van der Waals surface area contributed by atoms with Crippen LogP contribution in [0.1, 0.15) is 33.6 Å². The summed E-state index contributed by atoms with van der Waals surface area (Å²) < 4.78 is 23.1. The summed E-state index contributed by atoms with van der Waals surface area (Å²) in [5.41, 5.74) is 5.31. The van der Waals surface area contributed by atoms with Crippen LogP contribution < -0.4 is 11.1 Å². The molecule has 0 saturated carbocycles. The maximum absolute atomic E-state index is 11.9. The van der Waals surface area contributed by atoms with Crippen LogP contribution in [-0.2, 0) is 9.84 Å². The molecule has 5 heteroatoms. The molecule has 0 aromatic heterocycles. The second kappa shape index (κ2) is 6.45. The number of nitrogens with two attached hydrogens (primary N) is 1. The van der Waals surface area contributed by atoms with Gasteiger partial charge in [0.15, 0.2) is 9.84 Å². The van der Waals surface area contributed by atoms with Gasteiger partial charge in [-0.2, -0.15) is 0 Å². The fourth-order valence-electron chi connectivity index (χ4n) is 1.11. The van der Waals surface area contributed by atoms with Crippen LogP contribution in [0.4, 0.5) is 0 Å². The zero-order valence-corrected chi connectivity index (χ0v) is 10.9. The third-order valence-corrected chi connectivity index (χ3v) is 5.58. The second-order valence-electron chi connectivity index (χ2n) is 4.32. The predicted molar refractivity (Wildman–Crippen MR) is 64.7 cm³/mol. The highest BCUT2D eigenvalue weighted by Gasteiger charge is 2.31. The van der Waals surface area contributed by atoms with Crippen LogP contribution in [0.25, 0.3) is 0 Å². The van der Waals surface area contributed by atoms with E-state index in [2.05, 4.69) is 5.32 Å². The van der Waals surface area contributed by atoms with Crippen LogP contribution in [-0.4, -0.2) is 38.6 Å². The van der Waals surface area contributed by atoms with Gasteiger partial charge in [0.1, 0.15) is 0 Å². The summed E-state index contributed by atoms with van der Waals surface area (Å²) in [6.07, 6.45) is 1.32.